The second-order valence-electron chi connectivity index (χ2n) is 7.30. The van der Waals surface area contributed by atoms with E-state index < -0.39 is 0 Å². The summed E-state index contributed by atoms with van der Waals surface area (Å²) in [6, 6.07) is 18.7. The number of hydrogen-bond acceptors (Lipinski definition) is 3. The fraction of sp³-hybridized carbons (Fsp3) is 0.391. The van der Waals surface area contributed by atoms with Crippen LogP contribution in [0.1, 0.15) is 35.4 Å². The first-order valence-corrected chi connectivity index (χ1v) is 9.61. The SMILES string of the molecule is Cc1cccc(N(CCC#N)C(=O)CN2CC[C@H](c3ccccc3)C2)c1C. The van der Waals surface area contributed by atoms with Gasteiger partial charge in [0.1, 0.15) is 0 Å². The fourth-order valence-corrected chi connectivity index (χ4v) is 3.82. The highest BCUT2D eigenvalue weighted by Crippen LogP contribution is 2.28. The van der Waals surface area contributed by atoms with Crippen molar-refractivity contribution in [3.05, 3.63) is 65.2 Å². The minimum atomic E-state index is 0.0765. The smallest absolute Gasteiger partial charge is 0.241 e. The predicted octanol–water partition coefficient (Wildman–Crippen LogP) is 4.04. The van der Waals surface area contributed by atoms with Crippen LogP contribution in [0.2, 0.25) is 0 Å². The zero-order chi connectivity index (χ0) is 19.2. The van der Waals surface area contributed by atoms with Crippen LogP contribution >= 0.6 is 0 Å². The molecule has 0 aliphatic carbocycles. The van der Waals surface area contributed by atoms with Crippen LogP contribution in [0.25, 0.3) is 0 Å². The van der Waals surface area contributed by atoms with Crippen molar-refractivity contribution in [2.75, 3.05) is 31.1 Å². The maximum atomic E-state index is 13.1. The van der Waals surface area contributed by atoms with Gasteiger partial charge in [-0.15, -0.1) is 0 Å². The number of rotatable bonds is 6. The van der Waals surface area contributed by atoms with E-state index in [1.807, 2.05) is 25.1 Å². The van der Waals surface area contributed by atoms with Crippen LogP contribution in [0.3, 0.4) is 0 Å². The van der Waals surface area contributed by atoms with E-state index in [1.165, 1.54) is 5.56 Å². The number of carbonyl (C=O) groups is 1. The number of benzene rings is 2. The Hall–Kier alpha value is -2.64. The Kier molecular flexibility index (Phi) is 6.26. The molecule has 1 saturated heterocycles. The first-order chi connectivity index (χ1) is 13.1. The second-order valence-corrected chi connectivity index (χ2v) is 7.30. The molecule has 1 amide bonds. The van der Waals surface area contributed by atoms with Crippen LogP contribution in [0, 0.1) is 25.2 Å². The molecule has 0 bridgehead atoms. The number of amides is 1. The molecule has 0 unspecified atom stereocenters. The minimum absolute atomic E-state index is 0.0765. The summed E-state index contributed by atoms with van der Waals surface area (Å²) in [5.41, 5.74) is 4.54. The highest BCUT2D eigenvalue weighted by molar-refractivity contribution is 5.95. The van der Waals surface area contributed by atoms with E-state index in [2.05, 4.69) is 48.2 Å². The monoisotopic (exact) mass is 361 g/mol. The molecular weight excluding hydrogens is 334 g/mol. The van der Waals surface area contributed by atoms with Gasteiger partial charge in [0.05, 0.1) is 19.0 Å². The van der Waals surface area contributed by atoms with E-state index in [0.29, 0.717) is 25.4 Å². The van der Waals surface area contributed by atoms with E-state index in [1.54, 1.807) is 4.90 Å². The molecule has 1 atom stereocenters. The lowest BCUT2D eigenvalue weighted by atomic mass is 9.99. The summed E-state index contributed by atoms with van der Waals surface area (Å²) in [4.78, 5) is 17.1. The quantitative estimate of drug-likeness (QED) is 0.780. The first-order valence-electron chi connectivity index (χ1n) is 9.61. The van der Waals surface area contributed by atoms with Gasteiger partial charge in [-0.1, -0.05) is 42.5 Å². The molecule has 140 valence electrons. The van der Waals surface area contributed by atoms with E-state index >= 15 is 0 Å². The van der Waals surface area contributed by atoms with E-state index in [9.17, 15) is 4.79 Å². The van der Waals surface area contributed by atoms with E-state index in [0.717, 1.165) is 36.3 Å². The maximum Gasteiger partial charge on any atom is 0.241 e. The molecular formula is C23H27N3O. The molecule has 1 fully saturated rings. The number of aryl methyl sites for hydroxylation is 1. The Morgan fingerprint density at radius 1 is 1.19 bits per heavy atom. The van der Waals surface area contributed by atoms with Crippen LogP contribution in [0.5, 0.6) is 0 Å². The van der Waals surface area contributed by atoms with Crippen LogP contribution in [-0.2, 0) is 4.79 Å². The van der Waals surface area contributed by atoms with Crippen LogP contribution < -0.4 is 4.90 Å². The van der Waals surface area contributed by atoms with Crippen molar-refractivity contribution in [1.29, 1.82) is 5.26 Å². The summed E-state index contributed by atoms with van der Waals surface area (Å²) >= 11 is 0. The van der Waals surface area contributed by atoms with Gasteiger partial charge in [-0.05, 0) is 55.5 Å². The van der Waals surface area contributed by atoms with Gasteiger partial charge in [0.2, 0.25) is 5.91 Å². The molecule has 3 rings (SSSR count). The average Bonchev–Trinajstić information content (AvgIpc) is 3.14. The predicted molar refractivity (Wildman–Crippen MR) is 109 cm³/mol. The molecule has 0 saturated carbocycles. The van der Waals surface area contributed by atoms with Crippen molar-refractivity contribution in [2.24, 2.45) is 0 Å². The van der Waals surface area contributed by atoms with Gasteiger partial charge in [-0.25, -0.2) is 0 Å². The minimum Gasteiger partial charge on any atom is -0.310 e. The van der Waals surface area contributed by atoms with Crippen molar-refractivity contribution in [2.45, 2.75) is 32.6 Å². The van der Waals surface area contributed by atoms with Crippen molar-refractivity contribution < 1.29 is 4.79 Å². The van der Waals surface area contributed by atoms with Crippen LogP contribution in [0.4, 0.5) is 5.69 Å². The second kappa shape index (κ2) is 8.83. The lowest BCUT2D eigenvalue weighted by Gasteiger charge is -2.27. The van der Waals surface area contributed by atoms with Crippen molar-refractivity contribution in [3.8, 4) is 6.07 Å². The number of nitrogens with zero attached hydrogens (tertiary/aromatic N) is 3. The third-order valence-corrected chi connectivity index (χ3v) is 5.52. The van der Waals surface area contributed by atoms with Crippen LogP contribution in [-0.4, -0.2) is 37.0 Å². The Bertz CT molecular complexity index is 825. The molecule has 27 heavy (non-hydrogen) atoms. The molecule has 2 aromatic carbocycles. The topological polar surface area (TPSA) is 47.3 Å². The molecule has 1 aliphatic rings. The molecule has 0 aromatic heterocycles. The Labute approximate surface area is 162 Å². The van der Waals surface area contributed by atoms with Gasteiger partial charge in [-0.3, -0.25) is 9.69 Å². The fourth-order valence-electron chi connectivity index (χ4n) is 3.82. The number of nitriles is 1. The maximum absolute atomic E-state index is 13.1. The highest BCUT2D eigenvalue weighted by atomic mass is 16.2. The van der Waals surface area contributed by atoms with Gasteiger partial charge in [0.15, 0.2) is 0 Å². The Morgan fingerprint density at radius 3 is 2.70 bits per heavy atom. The van der Waals surface area contributed by atoms with Gasteiger partial charge in [-0.2, -0.15) is 5.26 Å². The summed E-state index contributed by atoms with van der Waals surface area (Å²) in [5.74, 6) is 0.569. The number of carbonyl (C=O) groups excluding carboxylic acids is 1. The van der Waals surface area contributed by atoms with Gasteiger partial charge in [0, 0.05) is 18.8 Å². The van der Waals surface area contributed by atoms with Gasteiger partial charge in [0.25, 0.3) is 0 Å². The molecule has 0 spiro atoms. The average molecular weight is 361 g/mol. The molecule has 4 heteroatoms. The molecule has 1 aliphatic heterocycles. The van der Waals surface area contributed by atoms with E-state index in [-0.39, 0.29) is 5.91 Å². The normalized spacial score (nSPS) is 16.9. The third-order valence-electron chi connectivity index (χ3n) is 5.52. The lowest BCUT2D eigenvalue weighted by Crippen LogP contribution is -2.40. The summed E-state index contributed by atoms with van der Waals surface area (Å²) in [6.07, 6.45) is 1.42. The molecule has 2 aromatic rings. The molecule has 1 heterocycles. The summed E-state index contributed by atoms with van der Waals surface area (Å²) < 4.78 is 0. The van der Waals surface area contributed by atoms with Crippen LogP contribution in [0.15, 0.2) is 48.5 Å². The zero-order valence-electron chi connectivity index (χ0n) is 16.2. The Balaban J connectivity index is 1.70. The van der Waals surface area contributed by atoms with Gasteiger partial charge >= 0.3 is 0 Å². The standard InChI is InChI=1S/C23H27N3O/c1-18-8-6-11-22(19(18)2)26(14-7-13-24)23(27)17-25-15-12-21(16-25)20-9-4-3-5-10-20/h3-6,8-11,21H,7,12,14-17H2,1-2H3/t21-/m0/s1. The van der Waals surface area contributed by atoms with E-state index in [4.69, 9.17) is 5.26 Å². The third kappa shape index (κ3) is 4.56. The lowest BCUT2D eigenvalue weighted by molar-refractivity contribution is -0.119. The number of hydrogen-bond donors (Lipinski definition) is 0. The number of anilines is 1. The number of likely N-dealkylation sites (tertiary alicyclic amines) is 1. The molecule has 0 radical (unpaired) electrons. The largest absolute Gasteiger partial charge is 0.310 e. The van der Waals surface area contributed by atoms with Gasteiger partial charge < -0.3 is 4.90 Å². The summed E-state index contributed by atoms with van der Waals surface area (Å²) in [7, 11) is 0. The zero-order valence-corrected chi connectivity index (χ0v) is 16.2. The van der Waals surface area contributed by atoms with Crippen molar-refractivity contribution in [1.82, 2.24) is 4.90 Å². The summed E-state index contributed by atoms with van der Waals surface area (Å²) in [5, 5.41) is 9.01. The van der Waals surface area contributed by atoms with Crippen molar-refractivity contribution in [3.63, 3.8) is 0 Å². The van der Waals surface area contributed by atoms with Crippen molar-refractivity contribution >= 4 is 11.6 Å². The molecule has 0 N–H and O–H groups in total. The Morgan fingerprint density at radius 2 is 1.96 bits per heavy atom. The summed E-state index contributed by atoms with van der Waals surface area (Å²) in [6.45, 7) is 6.78. The first kappa shape index (κ1) is 19.1. The molecule has 4 nitrogen and oxygen atoms in total. The highest BCUT2D eigenvalue weighted by Gasteiger charge is 2.27.